The van der Waals surface area contributed by atoms with Crippen LogP contribution in [0.2, 0.25) is 0 Å². The van der Waals surface area contributed by atoms with Gasteiger partial charge in [-0.3, -0.25) is 0 Å². The summed E-state index contributed by atoms with van der Waals surface area (Å²) in [6.45, 7) is 3.79. The van der Waals surface area contributed by atoms with E-state index in [9.17, 15) is 0 Å². The standard InChI is InChI=1S/C9H16N4/c1-3-5-11-8-4-6-12-9(13-8)7-10-2/h4,6,10H,3,5,7H2,1-2H3,(H,11,12,13). The van der Waals surface area contributed by atoms with E-state index in [1.165, 1.54) is 0 Å². The van der Waals surface area contributed by atoms with Crippen LogP contribution in [0.4, 0.5) is 5.82 Å². The molecule has 4 heteroatoms. The molecule has 0 fully saturated rings. The van der Waals surface area contributed by atoms with Crippen LogP contribution in [0.15, 0.2) is 12.3 Å². The van der Waals surface area contributed by atoms with Crippen molar-refractivity contribution < 1.29 is 0 Å². The molecular formula is C9H16N4. The Kier molecular flexibility index (Phi) is 4.18. The van der Waals surface area contributed by atoms with Gasteiger partial charge in [0.1, 0.15) is 11.6 Å². The van der Waals surface area contributed by atoms with Gasteiger partial charge in [0.2, 0.25) is 0 Å². The number of aromatic nitrogens is 2. The minimum Gasteiger partial charge on any atom is -0.370 e. The highest BCUT2D eigenvalue weighted by atomic mass is 15.0. The number of hydrogen-bond donors (Lipinski definition) is 2. The maximum absolute atomic E-state index is 4.32. The van der Waals surface area contributed by atoms with Gasteiger partial charge in [0, 0.05) is 12.7 Å². The van der Waals surface area contributed by atoms with E-state index in [-0.39, 0.29) is 0 Å². The Morgan fingerprint density at radius 2 is 2.31 bits per heavy atom. The maximum Gasteiger partial charge on any atom is 0.144 e. The van der Waals surface area contributed by atoms with Crippen LogP contribution in [0, 0.1) is 0 Å². The van der Waals surface area contributed by atoms with E-state index in [2.05, 4.69) is 27.5 Å². The molecule has 13 heavy (non-hydrogen) atoms. The number of hydrogen-bond acceptors (Lipinski definition) is 4. The van der Waals surface area contributed by atoms with E-state index < -0.39 is 0 Å². The first-order chi connectivity index (χ1) is 6.36. The molecule has 1 heterocycles. The molecular weight excluding hydrogens is 164 g/mol. The van der Waals surface area contributed by atoms with Crippen LogP contribution < -0.4 is 10.6 Å². The Morgan fingerprint density at radius 3 is 3.00 bits per heavy atom. The summed E-state index contributed by atoms with van der Waals surface area (Å²) in [5.74, 6) is 1.73. The van der Waals surface area contributed by atoms with Gasteiger partial charge in [-0.05, 0) is 19.5 Å². The number of nitrogens with zero attached hydrogens (tertiary/aromatic N) is 2. The van der Waals surface area contributed by atoms with Crippen molar-refractivity contribution in [3.63, 3.8) is 0 Å². The second-order valence-electron chi connectivity index (χ2n) is 2.82. The molecule has 0 amide bonds. The minimum atomic E-state index is 0.710. The summed E-state index contributed by atoms with van der Waals surface area (Å²) in [4.78, 5) is 8.44. The monoisotopic (exact) mass is 180 g/mol. The van der Waals surface area contributed by atoms with Crippen molar-refractivity contribution in [2.45, 2.75) is 19.9 Å². The van der Waals surface area contributed by atoms with Crippen molar-refractivity contribution in [2.75, 3.05) is 18.9 Å². The van der Waals surface area contributed by atoms with Gasteiger partial charge in [0.25, 0.3) is 0 Å². The first kappa shape index (κ1) is 9.92. The van der Waals surface area contributed by atoms with E-state index in [4.69, 9.17) is 0 Å². The Balaban J connectivity index is 2.56. The third kappa shape index (κ3) is 3.38. The van der Waals surface area contributed by atoms with Gasteiger partial charge < -0.3 is 10.6 Å². The fraction of sp³-hybridized carbons (Fsp3) is 0.556. The highest BCUT2D eigenvalue weighted by molar-refractivity contribution is 5.32. The van der Waals surface area contributed by atoms with Crippen molar-refractivity contribution in [2.24, 2.45) is 0 Å². The molecule has 0 radical (unpaired) electrons. The normalized spacial score (nSPS) is 10.0. The molecule has 0 aliphatic heterocycles. The average Bonchev–Trinajstić information content (AvgIpc) is 2.16. The van der Waals surface area contributed by atoms with Crippen LogP contribution in [-0.4, -0.2) is 23.6 Å². The first-order valence-electron chi connectivity index (χ1n) is 4.57. The topological polar surface area (TPSA) is 49.8 Å². The molecule has 1 aromatic rings. The molecule has 0 aliphatic rings. The van der Waals surface area contributed by atoms with E-state index in [1.54, 1.807) is 6.20 Å². The van der Waals surface area contributed by atoms with Crippen LogP contribution in [0.1, 0.15) is 19.2 Å². The van der Waals surface area contributed by atoms with E-state index in [1.807, 2.05) is 13.1 Å². The molecule has 72 valence electrons. The lowest BCUT2D eigenvalue weighted by Crippen LogP contribution is -2.10. The molecule has 0 aliphatic carbocycles. The van der Waals surface area contributed by atoms with Gasteiger partial charge >= 0.3 is 0 Å². The Morgan fingerprint density at radius 1 is 1.46 bits per heavy atom. The first-order valence-corrected chi connectivity index (χ1v) is 4.57. The number of nitrogens with one attached hydrogen (secondary N) is 2. The quantitative estimate of drug-likeness (QED) is 0.710. The van der Waals surface area contributed by atoms with E-state index in [0.29, 0.717) is 6.54 Å². The summed E-state index contributed by atoms with van der Waals surface area (Å²) >= 11 is 0. The Bertz CT molecular complexity index is 249. The van der Waals surface area contributed by atoms with Gasteiger partial charge in [-0.1, -0.05) is 6.92 Å². The van der Waals surface area contributed by atoms with Crippen molar-refractivity contribution in [1.82, 2.24) is 15.3 Å². The molecule has 0 saturated carbocycles. The number of rotatable bonds is 5. The lowest BCUT2D eigenvalue weighted by atomic mass is 10.4. The van der Waals surface area contributed by atoms with Crippen LogP contribution in [0.3, 0.4) is 0 Å². The molecule has 0 spiro atoms. The molecule has 1 aromatic heterocycles. The zero-order valence-electron chi connectivity index (χ0n) is 8.17. The Labute approximate surface area is 78.8 Å². The molecule has 0 atom stereocenters. The van der Waals surface area contributed by atoms with Gasteiger partial charge in [-0.25, -0.2) is 9.97 Å². The summed E-state index contributed by atoms with van der Waals surface area (Å²) in [6.07, 6.45) is 2.88. The van der Waals surface area contributed by atoms with Crippen LogP contribution in [0.25, 0.3) is 0 Å². The average molecular weight is 180 g/mol. The summed E-state index contributed by atoms with van der Waals surface area (Å²) in [7, 11) is 1.88. The molecule has 0 unspecified atom stereocenters. The molecule has 0 aromatic carbocycles. The second kappa shape index (κ2) is 5.48. The minimum absolute atomic E-state index is 0.710. The molecule has 0 bridgehead atoms. The highest BCUT2D eigenvalue weighted by Crippen LogP contribution is 2.01. The van der Waals surface area contributed by atoms with Crippen molar-refractivity contribution >= 4 is 5.82 Å². The van der Waals surface area contributed by atoms with Gasteiger partial charge in [0.15, 0.2) is 0 Å². The maximum atomic E-state index is 4.32. The van der Waals surface area contributed by atoms with Crippen LogP contribution in [-0.2, 0) is 6.54 Å². The van der Waals surface area contributed by atoms with Crippen LogP contribution in [0.5, 0.6) is 0 Å². The zero-order chi connectivity index (χ0) is 9.52. The summed E-state index contributed by atoms with van der Waals surface area (Å²) in [5, 5.41) is 6.23. The zero-order valence-corrected chi connectivity index (χ0v) is 8.17. The van der Waals surface area contributed by atoms with E-state index >= 15 is 0 Å². The fourth-order valence-electron chi connectivity index (χ4n) is 0.994. The highest BCUT2D eigenvalue weighted by Gasteiger charge is 1.96. The van der Waals surface area contributed by atoms with Crippen molar-refractivity contribution in [3.8, 4) is 0 Å². The smallest absolute Gasteiger partial charge is 0.144 e. The lowest BCUT2D eigenvalue weighted by Gasteiger charge is -2.04. The largest absolute Gasteiger partial charge is 0.370 e. The van der Waals surface area contributed by atoms with Crippen LogP contribution >= 0.6 is 0 Å². The molecule has 0 saturated heterocycles. The summed E-state index contributed by atoms with van der Waals surface area (Å²) < 4.78 is 0. The van der Waals surface area contributed by atoms with Gasteiger partial charge in [-0.15, -0.1) is 0 Å². The van der Waals surface area contributed by atoms with Gasteiger partial charge in [-0.2, -0.15) is 0 Å². The summed E-state index contributed by atoms with van der Waals surface area (Å²) in [5.41, 5.74) is 0. The molecule has 1 rings (SSSR count). The van der Waals surface area contributed by atoms with E-state index in [0.717, 1.165) is 24.6 Å². The lowest BCUT2D eigenvalue weighted by molar-refractivity contribution is 0.758. The third-order valence-electron chi connectivity index (χ3n) is 1.60. The number of anilines is 1. The third-order valence-corrected chi connectivity index (χ3v) is 1.60. The Hall–Kier alpha value is -1.16. The van der Waals surface area contributed by atoms with Crippen molar-refractivity contribution in [3.05, 3.63) is 18.1 Å². The second-order valence-corrected chi connectivity index (χ2v) is 2.82. The predicted molar refractivity (Wildman–Crippen MR) is 53.6 cm³/mol. The van der Waals surface area contributed by atoms with Gasteiger partial charge in [0.05, 0.1) is 6.54 Å². The fourth-order valence-corrected chi connectivity index (χ4v) is 0.994. The molecule has 2 N–H and O–H groups in total. The SMILES string of the molecule is CCCNc1ccnc(CNC)n1. The molecule has 4 nitrogen and oxygen atoms in total. The predicted octanol–water partition coefficient (Wildman–Crippen LogP) is 1.02. The summed E-state index contributed by atoms with van der Waals surface area (Å²) in [6, 6.07) is 1.88. The van der Waals surface area contributed by atoms with Crippen molar-refractivity contribution in [1.29, 1.82) is 0 Å².